The lowest BCUT2D eigenvalue weighted by molar-refractivity contribution is -0.154. The number of urea groups is 1. The topological polar surface area (TPSA) is 92.4 Å². The Morgan fingerprint density at radius 1 is 1.12 bits per heavy atom. The van der Waals surface area contributed by atoms with Gasteiger partial charge in [0.2, 0.25) is 5.88 Å². The van der Waals surface area contributed by atoms with Crippen molar-refractivity contribution in [1.29, 1.82) is 0 Å². The van der Waals surface area contributed by atoms with Crippen LogP contribution in [0, 0.1) is 0 Å². The lowest BCUT2D eigenvalue weighted by atomic mass is 10.2. The summed E-state index contributed by atoms with van der Waals surface area (Å²) in [5.41, 5.74) is 0.595. The van der Waals surface area contributed by atoms with E-state index in [1.54, 1.807) is 18.2 Å². The summed E-state index contributed by atoms with van der Waals surface area (Å²) in [7, 11) is 1.45. The van der Waals surface area contributed by atoms with Crippen molar-refractivity contribution in [1.82, 2.24) is 10.3 Å². The Morgan fingerprint density at radius 2 is 1.81 bits per heavy atom. The zero-order valence-corrected chi connectivity index (χ0v) is 13.6. The van der Waals surface area contributed by atoms with Crippen LogP contribution in [0.3, 0.4) is 0 Å². The summed E-state index contributed by atoms with van der Waals surface area (Å²) in [6.07, 6.45) is -3.33. The molecule has 1 aromatic heterocycles. The molecule has 1 aromatic carbocycles. The van der Waals surface area contributed by atoms with Crippen molar-refractivity contribution >= 4 is 23.3 Å². The van der Waals surface area contributed by atoms with Gasteiger partial charge in [0.25, 0.3) is 5.91 Å². The van der Waals surface area contributed by atoms with Gasteiger partial charge in [-0.2, -0.15) is 13.2 Å². The predicted molar refractivity (Wildman–Crippen MR) is 88.3 cm³/mol. The fraction of sp³-hybridized carbons (Fsp3) is 0.188. The van der Waals surface area contributed by atoms with Gasteiger partial charge in [0.1, 0.15) is 5.56 Å². The maximum Gasteiger partial charge on any atom is 0.422 e. The molecule has 0 aliphatic carbocycles. The van der Waals surface area contributed by atoms with Gasteiger partial charge in [-0.25, -0.2) is 9.78 Å². The third kappa shape index (κ3) is 5.65. The highest BCUT2D eigenvalue weighted by molar-refractivity contribution is 6.06. The number of carbonyl (C=O) groups is 2. The molecule has 26 heavy (non-hydrogen) atoms. The summed E-state index contributed by atoms with van der Waals surface area (Å²) >= 11 is 0. The highest BCUT2D eigenvalue weighted by atomic mass is 19.4. The summed E-state index contributed by atoms with van der Waals surface area (Å²) in [5.74, 6) is -1.13. The second kappa shape index (κ2) is 8.19. The number of anilines is 2. The van der Waals surface area contributed by atoms with Gasteiger partial charge in [0.05, 0.1) is 0 Å². The smallest absolute Gasteiger partial charge is 0.422 e. The van der Waals surface area contributed by atoms with Gasteiger partial charge < -0.3 is 20.7 Å². The Kier molecular flexibility index (Phi) is 5.99. The molecule has 0 radical (unpaired) electrons. The van der Waals surface area contributed by atoms with E-state index in [0.717, 1.165) is 0 Å². The van der Waals surface area contributed by atoms with Crippen LogP contribution in [0.5, 0.6) is 5.88 Å². The van der Waals surface area contributed by atoms with Crippen molar-refractivity contribution < 1.29 is 27.5 Å². The lowest BCUT2D eigenvalue weighted by Gasteiger charge is -2.12. The third-order valence-electron chi connectivity index (χ3n) is 2.99. The summed E-state index contributed by atoms with van der Waals surface area (Å²) in [6, 6.07) is 8.49. The average Bonchev–Trinajstić information content (AvgIpc) is 2.59. The van der Waals surface area contributed by atoms with Gasteiger partial charge in [-0.3, -0.25) is 4.79 Å². The van der Waals surface area contributed by atoms with Crippen LogP contribution in [0.25, 0.3) is 0 Å². The molecule has 0 unspecified atom stereocenters. The second-order valence-electron chi connectivity index (χ2n) is 5.00. The number of aromatic nitrogens is 1. The van der Waals surface area contributed by atoms with Gasteiger partial charge in [-0.1, -0.05) is 6.07 Å². The number of alkyl halides is 3. The van der Waals surface area contributed by atoms with Crippen LogP contribution >= 0.6 is 0 Å². The Balaban J connectivity index is 2.13. The van der Waals surface area contributed by atoms with E-state index in [9.17, 15) is 22.8 Å². The number of hydrogen-bond donors (Lipinski definition) is 3. The first-order valence-corrected chi connectivity index (χ1v) is 7.33. The Hall–Kier alpha value is -3.30. The van der Waals surface area contributed by atoms with Gasteiger partial charge in [-0.15, -0.1) is 0 Å². The zero-order valence-electron chi connectivity index (χ0n) is 13.6. The summed E-state index contributed by atoms with van der Waals surface area (Å²) in [4.78, 5) is 27.3. The molecular weight excluding hydrogens is 353 g/mol. The maximum absolute atomic E-state index is 12.3. The molecule has 0 saturated heterocycles. The van der Waals surface area contributed by atoms with Gasteiger partial charge in [0.15, 0.2) is 6.61 Å². The highest BCUT2D eigenvalue weighted by Gasteiger charge is 2.29. The molecular formula is C16H15F3N4O3. The summed E-state index contributed by atoms with van der Waals surface area (Å²) in [6.45, 7) is -1.56. The third-order valence-corrected chi connectivity index (χ3v) is 2.99. The van der Waals surface area contributed by atoms with E-state index in [1.165, 1.54) is 31.4 Å². The quantitative estimate of drug-likeness (QED) is 0.756. The van der Waals surface area contributed by atoms with Crippen molar-refractivity contribution in [3.8, 4) is 5.88 Å². The van der Waals surface area contributed by atoms with Gasteiger partial charge in [0, 0.05) is 24.6 Å². The molecule has 0 saturated carbocycles. The number of amides is 3. The standard InChI is InChI=1S/C16H15F3N4O3/c1-20-15(25)23-11-5-2-4-10(8-11)22-13(24)12-6-3-7-21-14(12)26-9-16(17,18)19/h2-8H,9H2,1H3,(H,22,24)(H2,20,23,25). The molecule has 2 rings (SSSR count). The molecule has 7 nitrogen and oxygen atoms in total. The van der Waals surface area contributed by atoms with Crippen LogP contribution in [0.1, 0.15) is 10.4 Å². The number of benzene rings is 1. The average molecular weight is 368 g/mol. The molecule has 2 aromatic rings. The molecule has 3 N–H and O–H groups in total. The molecule has 0 spiro atoms. The van der Waals surface area contributed by atoms with Crippen molar-refractivity contribution in [2.45, 2.75) is 6.18 Å². The Labute approximate surface area is 146 Å². The van der Waals surface area contributed by atoms with Crippen LogP contribution in [0.2, 0.25) is 0 Å². The van der Waals surface area contributed by atoms with E-state index in [0.29, 0.717) is 11.4 Å². The van der Waals surface area contributed by atoms with Crippen molar-refractivity contribution in [3.63, 3.8) is 0 Å². The first-order chi connectivity index (χ1) is 12.3. The fourth-order valence-corrected chi connectivity index (χ4v) is 1.90. The van der Waals surface area contributed by atoms with Crippen LogP contribution in [0.15, 0.2) is 42.6 Å². The summed E-state index contributed by atoms with van der Waals surface area (Å²) < 4.78 is 41.5. The van der Waals surface area contributed by atoms with Crippen LogP contribution in [-0.4, -0.2) is 36.8 Å². The normalized spacial score (nSPS) is 10.8. The number of rotatable bonds is 5. The van der Waals surface area contributed by atoms with E-state index in [1.807, 2.05) is 0 Å². The number of hydrogen-bond acceptors (Lipinski definition) is 4. The molecule has 3 amide bonds. The maximum atomic E-state index is 12.3. The number of nitrogens with zero attached hydrogens (tertiary/aromatic N) is 1. The van der Waals surface area contributed by atoms with Gasteiger partial charge >= 0.3 is 12.2 Å². The highest BCUT2D eigenvalue weighted by Crippen LogP contribution is 2.22. The SMILES string of the molecule is CNC(=O)Nc1cccc(NC(=O)c2cccnc2OCC(F)(F)F)c1. The van der Waals surface area contributed by atoms with E-state index in [-0.39, 0.29) is 5.56 Å². The number of pyridine rings is 1. The first kappa shape index (κ1) is 19.0. The number of ether oxygens (including phenoxy) is 1. The Bertz CT molecular complexity index is 796. The number of nitrogens with one attached hydrogen (secondary N) is 3. The number of carbonyl (C=O) groups excluding carboxylic acids is 2. The molecule has 0 bridgehead atoms. The van der Waals surface area contributed by atoms with Crippen molar-refractivity contribution in [2.75, 3.05) is 24.3 Å². The van der Waals surface area contributed by atoms with Crippen molar-refractivity contribution in [2.24, 2.45) is 0 Å². The minimum atomic E-state index is -4.55. The van der Waals surface area contributed by atoms with E-state index >= 15 is 0 Å². The minimum Gasteiger partial charge on any atom is -0.467 e. The van der Waals surface area contributed by atoms with Crippen LogP contribution in [-0.2, 0) is 0 Å². The van der Waals surface area contributed by atoms with E-state index < -0.39 is 30.6 Å². The van der Waals surface area contributed by atoms with Gasteiger partial charge in [-0.05, 0) is 30.3 Å². The van der Waals surface area contributed by atoms with Crippen LogP contribution in [0.4, 0.5) is 29.3 Å². The molecule has 0 aliphatic heterocycles. The Morgan fingerprint density at radius 3 is 2.46 bits per heavy atom. The summed E-state index contributed by atoms with van der Waals surface area (Å²) in [5, 5.41) is 7.42. The zero-order chi connectivity index (χ0) is 19.2. The second-order valence-corrected chi connectivity index (χ2v) is 5.00. The lowest BCUT2D eigenvalue weighted by Crippen LogP contribution is -2.24. The molecule has 1 heterocycles. The fourth-order valence-electron chi connectivity index (χ4n) is 1.90. The number of halogens is 3. The molecule has 0 atom stereocenters. The first-order valence-electron chi connectivity index (χ1n) is 7.33. The molecule has 0 aliphatic rings. The molecule has 138 valence electrons. The molecule has 0 fully saturated rings. The molecule has 10 heteroatoms. The van der Waals surface area contributed by atoms with E-state index in [4.69, 9.17) is 0 Å². The predicted octanol–water partition coefficient (Wildman–Crippen LogP) is 3.03. The van der Waals surface area contributed by atoms with Crippen LogP contribution < -0.4 is 20.7 Å². The van der Waals surface area contributed by atoms with Crippen molar-refractivity contribution in [3.05, 3.63) is 48.2 Å². The van der Waals surface area contributed by atoms with E-state index in [2.05, 4.69) is 25.7 Å². The monoisotopic (exact) mass is 368 g/mol. The minimum absolute atomic E-state index is 0.151. The largest absolute Gasteiger partial charge is 0.467 e.